The fraction of sp³-hybridized carbons (Fsp3) is 0.522. The molecule has 1 saturated heterocycles. The van der Waals surface area contributed by atoms with E-state index in [0.29, 0.717) is 30.3 Å². The maximum Gasteiger partial charge on any atom is 0.328 e. The van der Waals surface area contributed by atoms with Gasteiger partial charge in [0, 0.05) is 37.8 Å². The summed E-state index contributed by atoms with van der Waals surface area (Å²) in [4.78, 5) is 32.3. The quantitative estimate of drug-likeness (QED) is 0.723. The third kappa shape index (κ3) is 4.37. The summed E-state index contributed by atoms with van der Waals surface area (Å²) in [6, 6.07) is 3.73. The van der Waals surface area contributed by atoms with E-state index in [4.69, 9.17) is 16.7 Å². The molecule has 0 bridgehead atoms. The number of carbonyl (C=O) groups is 2. The van der Waals surface area contributed by atoms with Crippen LogP contribution in [-0.4, -0.2) is 75.7 Å². The van der Waals surface area contributed by atoms with Crippen LogP contribution in [0.1, 0.15) is 41.0 Å². The molecule has 10 heteroatoms. The summed E-state index contributed by atoms with van der Waals surface area (Å²) in [6.45, 7) is 4.74. The van der Waals surface area contributed by atoms with Crippen molar-refractivity contribution in [3.8, 4) is 0 Å². The lowest BCUT2D eigenvalue weighted by molar-refractivity contribution is 0.0795. The number of likely N-dealkylation sites (N-methyl/N-ethyl adjacent to an activating group) is 1. The molecule has 0 aliphatic carbocycles. The molecule has 1 aromatic carbocycles. The molecule has 8 nitrogen and oxygen atoms in total. The molecule has 3 aliphatic heterocycles. The van der Waals surface area contributed by atoms with Gasteiger partial charge < -0.3 is 5.32 Å². The highest BCUT2D eigenvalue weighted by Gasteiger charge is 2.37. The summed E-state index contributed by atoms with van der Waals surface area (Å²) in [6.07, 6.45) is 4.25. The monoisotopic (exact) mass is 474 g/mol. The number of imide groups is 1. The van der Waals surface area contributed by atoms with Crippen molar-refractivity contribution < 1.29 is 14.0 Å². The molecule has 1 atom stereocenters. The molecular formula is C23H28ClFN6O2. The second-order valence-corrected chi connectivity index (χ2v) is 9.57. The SMILES string of the molecule is CN1Cc2c3c(nn2CC(N2CCCCC2)C1)CCN(C(=O)Nc1ccc(F)c(Cl)c1)C3=O. The van der Waals surface area contributed by atoms with E-state index in [1.54, 1.807) is 0 Å². The average Bonchev–Trinajstić information content (AvgIpc) is 3.05. The van der Waals surface area contributed by atoms with Gasteiger partial charge in [0.25, 0.3) is 5.91 Å². The highest BCUT2D eigenvalue weighted by atomic mass is 35.5. The highest BCUT2D eigenvalue weighted by Crippen LogP contribution is 2.28. The second-order valence-electron chi connectivity index (χ2n) is 9.16. The summed E-state index contributed by atoms with van der Waals surface area (Å²) in [5.74, 6) is -0.907. The van der Waals surface area contributed by atoms with Gasteiger partial charge in [-0.15, -0.1) is 0 Å². The molecule has 1 aromatic heterocycles. The molecule has 1 fully saturated rings. The minimum absolute atomic E-state index is 0.0895. The number of piperidine rings is 1. The van der Waals surface area contributed by atoms with Crippen molar-refractivity contribution >= 4 is 29.2 Å². The Labute approximate surface area is 197 Å². The molecule has 2 aromatic rings. The van der Waals surface area contributed by atoms with Gasteiger partial charge in [0.05, 0.1) is 28.5 Å². The predicted octanol–water partition coefficient (Wildman–Crippen LogP) is 3.21. The number of urea groups is 1. The molecule has 176 valence electrons. The fourth-order valence-corrected chi connectivity index (χ4v) is 5.33. The van der Waals surface area contributed by atoms with Crippen LogP contribution >= 0.6 is 11.6 Å². The molecule has 3 aliphatic rings. The number of aromatic nitrogens is 2. The van der Waals surface area contributed by atoms with Crippen LogP contribution in [0.5, 0.6) is 0 Å². The van der Waals surface area contributed by atoms with Gasteiger partial charge in [-0.3, -0.25) is 24.2 Å². The summed E-state index contributed by atoms with van der Waals surface area (Å²) >= 11 is 5.81. The lowest BCUT2D eigenvalue weighted by Crippen LogP contribution is -2.46. The van der Waals surface area contributed by atoms with Gasteiger partial charge in [0.2, 0.25) is 0 Å². The number of rotatable bonds is 2. The first kappa shape index (κ1) is 22.3. The van der Waals surface area contributed by atoms with Crippen LogP contribution in [0, 0.1) is 5.82 Å². The van der Waals surface area contributed by atoms with E-state index in [-0.39, 0.29) is 17.5 Å². The summed E-state index contributed by atoms with van der Waals surface area (Å²) in [5.41, 5.74) is 2.51. The normalized spacial score (nSPS) is 22.0. The Kier molecular flexibility index (Phi) is 6.11. The zero-order chi connectivity index (χ0) is 23.1. The summed E-state index contributed by atoms with van der Waals surface area (Å²) in [5, 5.41) is 7.37. The van der Waals surface area contributed by atoms with Crippen LogP contribution in [0.25, 0.3) is 0 Å². The van der Waals surface area contributed by atoms with Crippen LogP contribution < -0.4 is 5.32 Å². The van der Waals surface area contributed by atoms with E-state index < -0.39 is 11.8 Å². The smallest absolute Gasteiger partial charge is 0.307 e. The Morgan fingerprint density at radius 2 is 1.97 bits per heavy atom. The third-order valence-electron chi connectivity index (χ3n) is 6.81. The zero-order valence-electron chi connectivity index (χ0n) is 18.7. The first-order valence-electron chi connectivity index (χ1n) is 11.5. The molecule has 0 saturated carbocycles. The van der Waals surface area contributed by atoms with Gasteiger partial charge in [0.15, 0.2) is 0 Å². The van der Waals surface area contributed by atoms with Crippen LogP contribution in [-0.2, 0) is 19.5 Å². The first-order chi connectivity index (χ1) is 15.9. The van der Waals surface area contributed by atoms with Crippen LogP contribution in [0.4, 0.5) is 14.9 Å². The lowest BCUT2D eigenvalue weighted by atomic mass is 10.0. The van der Waals surface area contributed by atoms with E-state index in [0.717, 1.165) is 37.6 Å². The van der Waals surface area contributed by atoms with Crippen molar-refractivity contribution in [3.63, 3.8) is 0 Å². The molecular weight excluding hydrogens is 447 g/mol. The molecule has 33 heavy (non-hydrogen) atoms. The van der Waals surface area contributed by atoms with Crippen molar-refractivity contribution in [2.45, 2.75) is 44.8 Å². The molecule has 3 amide bonds. The molecule has 0 radical (unpaired) electrons. The minimum Gasteiger partial charge on any atom is -0.307 e. The lowest BCUT2D eigenvalue weighted by Gasteiger charge is -2.35. The molecule has 4 heterocycles. The number of nitrogens with zero attached hydrogens (tertiary/aromatic N) is 5. The van der Waals surface area contributed by atoms with E-state index >= 15 is 0 Å². The van der Waals surface area contributed by atoms with Crippen molar-refractivity contribution in [2.75, 3.05) is 38.5 Å². The number of hydrogen-bond acceptors (Lipinski definition) is 5. The average molecular weight is 475 g/mol. The molecule has 1 N–H and O–H groups in total. The van der Waals surface area contributed by atoms with Crippen LogP contribution in [0.3, 0.4) is 0 Å². The number of carbonyl (C=O) groups excluding carboxylic acids is 2. The number of fused-ring (bicyclic) bond motifs is 3. The summed E-state index contributed by atoms with van der Waals surface area (Å²) < 4.78 is 15.4. The maximum absolute atomic E-state index is 13.4. The molecule has 0 spiro atoms. The van der Waals surface area contributed by atoms with Gasteiger partial charge in [-0.2, -0.15) is 5.10 Å². The number of benzene rings is 1. The topological polar surface area (TPSA) is 73.7 Å². The second kappa shape index (κ2) is 9.04. The summed E-state index contributed by atoms with van der Waals surface area (Å²) in [7, 11) is 2.07. The Morgan fingerprint density at radius 1 is 1.18 bits per heavy atom. The largest absolute Gasteiger partial charge is 0.328 e. The fourth-order valence-electron chi connectivity index (χ4n) is 5.15. The van der Waals surface area contributed by atoms with E-state index in [9.17, 15) is 14.0 Å². The van der Waals surface area contributed by atoms with Gasteiger partial charge in [-0.25, -0.2) is 9.18 Å². The van der Waals surface area contributed by atoms with E-state index in [1.165, 1.54) is 42.4 Å². The van der Waals surface area contributed by atoms with Crippen molar-refractivity contribution in [2.24, 2.45) is 0 Å². The number of halogens is 2. The van der Waals surface area contributed by atoms with Gasteiger partial charge >= 0.3 is 6.03 Å². The Balaban J connectivity index is 1.37. The maximum atomic E-state index is 13.4. The predicted molar refractivity (Wildman–Crippen MR) is 123 cm³/mol. The minimum atomic E-state index is -0.567. The molecule has 1 unspecified atom stereocenters. The first-order valence-corrected chi connectivity index (χ1v) is 11.9. The Hall–Kier alpha value is -2.49. The van der Waals surface area contributed by atoms with Gasteiger partial charge in [-0.1, -0.05) is 18.0 Å². The third-order valence-corrected chi connectivity index (χ3v) is 7.10. The standard InChI is InChI=1S/C23H28ClFN6O2/c1-28-12-16(29-8-3-2-4-9-29)13-31-20(14-28)21-19(27-31)7-10-30(22(21)32)23(33)26-15-5-6-18(25)17(24)11-15/h5-6,11,16H,2-4,7-10,12-14H2,1H3,(H,26,33). The van der Waals surface area contributed by atoms with Crippen molar-refractivity contribution in [1.82, 2.24) is 24.5 Å². The molecule has 5 rings (SSSR count). The van der Waals surface area contributed by atoms with Crippen LogP contribution in [0.15, 0.2) is 18.2 Å². The number of hydrogen-bond donors (Lipinski definition) is 1. The Bertz CT molecular complexity index is 1080. The van der Waals surface area contributed by atoms with Crippen LogP contribution in [0.2, 0.25) is 5.02 Å². The highest BCUT2D eigenvalue weighted by molar-refractivity contribution is 6.31. The Morgan fingerprint density at radius 3 is 2.73 bits per heavy atom. The number of likely N-dealkylation sites (tertiary alicyclic amines) is 1. The van der Waals surface area contributed by atoms with E-state index in [1.807, 2.05) is 4.68 Å². The zero-order valence-corrected chi connectivity index (χ0v) is 19.4. The number of nitrogens with one attached hydrogen (secondary N) is 1. The van der Waals surface area contributed by atoms with Crippen molar-refractivity contribution in [1.29, 1.82) is 0 Å². The number of amides is 3. The van der Waals surface area contributed by atoms with Gasteiger partial charge in [0.1, 0.15) is 5.82 Å². The number of anilines is 1. The van der Waals surface area contributed by atoms with Crippen molar-refractivity contribution in [3.05, 3.63) is 46.0 Å². The van der Waals surface area contributed by atoms with Gasteiger partial charge in [-0.05, 0) is 51.2 Å². The van der Waals surface area contributed by atoms with E-state index in [2.05, 4.69) is 22.2 Å².